The van der Waals surface area contributed by atoms with Crippen molar-refractivity contribution in [3.05, 3.63) is 34.9 Å². The molecule has 0 radical (unpaired) electrons. The lowest BCUT2D eigenvalue weighted by Gasteiger charge is -2.38. The first kappa shape index (κ1) is 11.8. The minimum atomic E-state index is -0.530. The summed E-state index contributed by atoms with van der Waals surface area (Å²) in [5.74, 6) is -0.592. The molecule has 96 valence electrons. The van der Waals surface area contributed by atoms with E-state index in [1.54, 1.807) is 0 Å². The van der Waals surface area contributed by atoms with E-state index >= 15 is 0 Å². The molecule has 0 aliphatic heterocycles. The van der Waals surface area contributed by atoms with Crippen LogP contribution in [0.15, 0.2) is 12.1 Å². The zero-order chi connectivity index (χ0) is 12.9. The topological polar surface area (TPSA) is 17.1 Å². The molecule has 1 saturated carbocycles. The van der Waals surface area contributed by atoms with E-state index in [1.165, 1.54) is 6.07 Å². The Labute approximate surface area is 105 Å². The Kier molecular flexibility index (Phi) is 2.72. The minimum absolute atomic E-state index is 0.0255. The summed E-state index contributed by atoms with van der Waals surface area (Å²) in [4.78, 5) is 12.2. The number of carbonyl (C=O) groups excluding carboxylic acids is 1. The van der Waals surface area contributed by atoms with Crippen LogP contribution in [0.3, 0.4) is 0 Å². The number of hydrogen-bond donors (Lipinski definition) is 0. The van der Waals surface area contributed by atoms with Gasteiger partial charge in [0.25, 0.3) is 0 Å². The number of rotatable bonds is 0. The maximum Gasteiger partial charge on any atom is 0.139 e. The highest BCUT2D eigenvalue weighted by atomic mass is 19.1. The van der Waals surface area contributed by atoms with Crippen molar-refractivity contribution in [1.82, 2.24) is 0 Å². The summed E-state index contributed by atoms with van der Waals surface area (Å²) < 4.78 is 27.1. The molecule has 3 rings (SSSR count). The van der Waals surface area contributed by atoms with Crippen molar-refractivity contribution >= 4 is 5.78 Å². The second-order valence-electron chi connectivity index (χ2n) is 5.59. The van der Waals surface area contributed by atoms with Crippen LogP contribution in [-0.2, 0) is 11.2 Å². The Bertz CT molecular complexity index is 509. The predicted molar refractivity (Wildman–Crippen MR) is 64.3 cm³/mol. The van der Waals surface area contributed by atoms with E-state index in [2.05, 4.69) is 0 Å². The van der Waals surface area contributed by atoms with Gasteiger partial charge in [0.2, 0.25) is 0 Å². The Hall–Kier alpha value is -1.25. The van der Waals surface area contributed by atoms with Crippen LogP contribution in [0.1, 0.15) is 43.2 Å². The molecule has 2 aliphatic carbocycles. The number of ketones is 1. The second kappa shape index (κ2) is 4.15. The number of hydrogen-bond acceptors (Lipinski definition) is 1. The van der Waals surface area contributed by atoms with Crippen molar-refractivity contribution in [2.24, 2.45) is 11.8 Å². The molecule has 18 heavy (non-hydrogen) atoms. The van der Waals surface area contributed by atoms with Crippen LogP contribution in [0.4, 0.5) is 8.78 Å². The van der Waals surface area contributed by atoms with Gasteiger partial charge >= 0.3 is 0 Å². The van der Waals surface area contributed by atoms with Crippen LogP contribution >= 0.6 is 0 Å². The van der Waals surface area contributed by atoms with Crippen LogP contribution in [0, 0.1) is 23.5 Å². The van der Waals surface area contributed by atoms with E-state index in [0.29, 0.717) is 18.4 Å². The third-order valence-corrected chi connectivity index (χ3v) is 4.55. The largest absolute Gasteiger partial charge is 0.299 e. The van der Waals surface area contributed by atoms with Crippen molar-refractivity contribution in [3.63, 3.8) is 0 Å². The summed E-state index contributed by atoms with van der Waals surface area (Å²) in [7, 11) is 0. The highest BCUT2D eigenvalue weighted by Gasteiger charge is 2.40. The Morgan fingerprint density at radius 3 is 2.67 bits per heavy atom. The first-order chi connectivity index (χ1) is 8.58. The summed E-state index contributed by atoms with van der Waals surface area (Å²) in [5, 5.41) is 0. The average Bonchev–Trinajstić information content (AvgIpc) is 2.33. The van der Waals surface area contributed by atoms with Crippen molar-refractivity contribution in [3.8, 4) is 0 Å². The normalized spacial score (nSPS) is 30.8. The first-order valence-corrected chi connectivity index (χ1v) is 6.59. The highest BCUT2D eigenvalue weighted by Crippen LogP contribution is 2.45. The van der Waals surface area contributed by atoms with Crippen molar-refractivity contribution in [2.45, 2.75) is 38.5 Å². The van der Waals surface area contributed by atoms with Crippen molar-refractivity contribution in [1.29, 1.82) is 0 Å². The van der Waals surface area contributed by atoms with E-state index < -0.39 is 11.6 Å². The van der Waals surface area contributed by atoms with E-state index in [1.807, 2.05) is 6.92 Å². The lowest BCUT2D eigenvalue weighted by atomic mass is 9.65. The summed E-state index contributed by atoms with van der Waals surface area (Å²) in [6.45, 7) is 1.96. The molecular weight excluding hydrogens is 234 g/mol. The lowest BCUT2D eigenvalue weighted by Crippen LogP contribution is -2.36. The van der Waals surface area contributed by atoms with Gasteiger partial charge in [-0.3, -0.25) is 4.79 Å². The summed E-state index contributed by atoms with van der Waals surface area (Å²) in [6.07, 6.45) is 2.97. The fourth-order valence-electron chi connectivity index (χ4n) is 3.57. The van der Waals surface area contributed by atoms with Gasteiger partial charge in [-0.05, 0) is 48.8 Å². The molecule has 1 aromatic carbocycles. The first-order valence-electron chi connectivity index (χ1n) is 6.59. The molecule has 0 spiro atoms. The molecule has 0 heterocycles. The fourth-order valence-corrected chi connectivity index (χ4v) is 3.57. The minimum Gasteiger partial charge on any atom is -0.299 e. The van der Waals surface area contributed by atoms with Crippen LogP contribution in [0.2, 0.25) is 0 Å². The van der Waals surface area contributed by atoms with E-state index in [-0.39, 0.29) is 23.5 Å². The summed E-state index contributed by atoms with van der Waals surface area (Å²) in [5.41, 5.74) is 1.36. The van der Waals surface area contributed by atoms with Gasteiger partial charge in [-0.1, -0.05) is 6.92 Å². The monoisotopic (exact) mass is 250 g/mol. The molecule has 0 N–H and O–H groups in total. The molecule has 1 fully saturated rings. The smallest absolute Gasteiger partial charge is 0.139 e. The molecule has 0 saturated heterocycles. The fraction of sp³-hybridized carbons (Fsp3) is 0.533. The maximum atomic E-state index is 13.7. The van der Waals surface area contributed by atoms with Crippen LogP contribution in [0.5, 0.6) is 0 Å². The zero-order valence-corrected chi connectivity index (χ0v) is 10.4. The van der Waals surface area contributed by atoms with Gasteiger partial charge < -0.3 is 0 Å². The molecule has 0 bridgehead atoms. The number of Topliss-reactive ketones (excluding diaryl/α,β-unsaturated/α-hetero) is 1. The molecular formula is C15H16F2O. The SMILES string of the molecule is CC1CCC2c3cc(F)cc(F)c3CCC2C1=O. The van der Waals surface area contributed by atoms with Gasteiger partial charge in [0.15, 0.2) is 0 Å². The number of benzene rings is 1. The van der Waals surface area contributed by atoms with Gasteiger partial charge in [0.1, 0.15) is 17.4 Å². The lowest BCUT2D eigenvalue weighted by molar-refractivity contribution is -0.129. The van der Waals surface area contributed by atoms with Crippen molar-refractivity contribution < 1.29 is 13.6 Å². The van der Waals surface area contributed by atoms with Crippen molar-refractivity contribution in [2.75, 3.05) is 0 Å². The maximum absolute atomic E-state index is 13.7. The molecule has 1 nitrogen and oxygen atoms in total. The van der Waals surface area contributed by atoms with Crippen LogP contribution in [0.25, 0.3) is 0 Å². The summed E-state index contributed by atoms with van der Waals surface area (Å²) in [6, 6.07) is 2.38. The molecule has 0 amide bonds. The highest BCUT2D eigenvalue weighted by molar-refractivity contribution is 5.85. The van der Waals surface area contributed by atoms with Gasteiger partial charge in [0.05, 0.1) is 0 Å². The molecule has 3 unspecified atom stereocenters. The molecule has 0 aromatic heterocycles. The van der Waals surface area contributed by atoms with Gasteiger partial charge in [0, 0.05) is 17.9 Å². The number of fused-ring (bicyclic) bond motifs is 3. The Morgan fingerprint density at radius 1 is 1.11 bits per heavy atom. The second-order valence-corrected chi connectivity index (χ2v) is 5.59. The number of carbonyl (C=O) groups is 1. The van der Waals surface area contributed by atoms with E-state index in [4.69, 9.17) is 0 Å². The van der Waals surface area contributed by atoms with Gasteiger partial charge in [-0.2, -0.15) is 0 Å². The zero-order valence-electron chi connectivity index (χ0n) is 10.4. The molecule has 2 aliphatic rings. The third kappa shape index (κ3) is 1.68. The van der Waals surface area contributed by atoms with Crippen LogP contribution in [-0.4, -0.2) is 5.78 Å². The quantitative estimate of drug-likeness (QED) is 0.687. The molecule has 3 heteroatoms. The summed E-state index contributed by atoms with van der Waals surface area (Å²) >= 11 is 0. The number of halogens is 2. The third-order valence-electron chi connectivity index (χ3n) is 4.55. The molecule has 1 aromatic rings. The standard InChI is InChI=1S/C15H16F2O/c1-8-2-3-10-12(15(8)18)5-4-11-13(10)6-9(16)7-14(11)17/h6-8,10,12H,2-5H2,1H3. The van der Waals surface area contributed by atoms with Crippen LogP contribution < -0.4 is 0 Å². The molecule has 3 atom stereocenters. The Morgan fingerprint density at radius 2 is 1.89 bits per heavy atom. The van der Waals surface area contributed by atoms with E-state index in [9.17, 15) is 13.6 Å². The van der Waals surface area contributed by atoms with Gasteiger partial charge in [-0.15, -0.1) is 0 Å². The van der Waals surface area contributed by atoms with E-state index in [0.717, 1.165) is 24.5 Å². The Balaban J connectivity index is 2.06. The van der Waals surface area contributed by atoms with Gasteiger partial charge in [-0.25, -0.2) is 8.78 Å². The predicted octanol–water partition coefficient (Wildman–Crippen LogP) is 3.61. The average molecular weight is 250 g/mol.